The van der Waals surface area contributed by atoms with E-state index in [1.54, 1.807) is 19.9 Å². The molecule has 0 radical (unpaired) electrons. The predicted molar refractivity (Wildman–Crippen MR) is 96.6 cm³/mol. The standard InChI is InChI=1S/C19H21ClN2O3/c1-11-5-7-15(8-6-11)10-21-18(23)14(4)25-19(24)16-12(2)9-13(3)22-17(16)20/h5-9,14H,10H2,1-4H3,(H,21,23)/t14-/m0/s1. The number of nitrogens with one attached hydrogen (secondary N) is 1. The van der Waals surface area contributed by atoms with Crippen molar-refractivity contribution in [2.45, 2.75) is 40.3 Å². The number of carbonyl (C=O) groups is 2. The van der Waals surface area contributed by atoms with E-state index in [0.717, 1.165) is 11.1 Å². The molecule has 0 spiro atoms. The Hall–Kier alpha value is -2.40. The molecule has 2 rings (SSSR count). The number of pyridine rings is 1. The molecule has 0 fully saturated rings. The minimum atomic E-state index is -0.935. The fourth-order valence-electron chi connectivity index (χ4n) is 2.35. The van der Waals surface area contributed by atoms with Crippen molar-refractivity contribution in [3.05, 3.63) is 63.4 Å². The van der Waals surface area contributed by atoms with Gasteiger partial charge in [0.1, 0.15) is 5.15 Å². The molecule has 2 aromatic rings. The molecular weight excluding hydrogens is 340 g/mol. The van der Waals surface area contributed by atoms with Crippen LogP contribution in [0.3, 0.4) is 0 Å². The average molecular weight is 361 g/mol. The molecular formula is C19H21ClN2O3. The highest BCUT2D eigenvalue weighted by atomic mass is 35.5. The van der Waals surface area contributed by atoms with E-state index in [9.17, 15) is 9.59 Å². The summed E-state index contributed by atoms with van der Waals surface area (Å²) in [5.41, 5.74) is 3.68. The van der Waals surface area contributed by atoms with E-state index >= 15 is 0 Å². The van der Waals surface area contributed by atoms with Gasteiger partial charge in [0.05, 0.1) is 5.56 Å². The molecule has 0 aliphatic heterocycles. The van der Waals surface area contributed by atoms with Crippen molar-refractivity contribution >= 4 is 23.5 Å². The molecule has 1 N–H and O–H groups in total. The van der Waals surface area contributed by atoms with Gasteiger partial charge in [-0.15, -0.1) is 0 Å². The normalized spacial score (nSPS) is 11.7. The van der Waals surface area contributed by atoms with Crippen LogP contribution in [-0.2, 0) is 16.1 Å². The van der Waals surface area contributed by atoms with E-state index in [1.807, 2.05) is 31.2 Å². The first-order chi connectivity index (χ1) is 11.8. The summed E-state index contributed by atoms with van der Waals surface area (Å²) in [4.78, 5) is 28.5. The zero-order valence-corrected chi connectivity index (χ0v) is 15.5. The first-order valence-electron chi connectivity index (χ1n) is 7.96. The van der Waals surface area contributed by atoms with Crippen LogP contribution in [0.25, 0.3) is 0 Å². The molecule has 1 heterocycles. The number of benzene rings is 1. The van der Waals surface area contributed by atoms with Crippen molar-refractivity contribution in [3.63, 3.8) is 0 Å². The molecule has 0 aliphatic rings. The third-order valence-electron chi connectivity index (χ3n) is 3.75. The van der Waals surface area contributed by atoms with Gasteiger partial charge in [-0.3, -0.25) is 4.79 Å². The van der Waals surface area contributed by atoms with Crippen molar-refractivity contribution in [1.29, 1.82) is 0 Å². The van der Waals surface area contributed by atoms with Crippen LogP contribution < -0.4 is 5.32 Å². The first-order valence-corrected chi connectivity index (χ1v) is 8.33. The number of rotatable bonds is 5. The summed E-state index contributed by atoms with van der Waals surface area (Å²) in [6, 6.07) is 9.56. The molecule has 1 aromatic heterocycles. The van der Waals surface area contributed by atoms with Crippen LogP contribution in [0.2, 0.25) is 5.15 Å². The molecule has 0 saturated heterocycles. The molecule has 1 aromatic carbocycles. The van der Waals surface area contributed by atoms with Crippen molar-refractivity contribution in [3.8, 4) is 0 Å². The summed E-state index contributed by atoms with van der Waals surface area (Å²) < 4.78 is 5.23. The van der Waals surface area contributed by atoms with Crippen molar-refractivity contribution in [1.82, 2.24) is 10.3 Å². The molecule has 132 valence electrons. The van der Waals surface area contributed by atoms with Crippen LogP contribution in [0.15, 0.2) is 30.3 Å². The molecule has 5 nitrogen and oxygen atoms in total. The van der Waals surface area contributed by atoms with Crippen LogP contribution in [0.1, 0.15) is 39.7 Å². The highest BCUT2D eigenvalue weighted by Gasteiger charge is 2.22. The van der Waals surface area contributed by atoms with Crippen LogP contribution in [0.4, 0.5) is 0 Å². The summed E-state index contributed by atoms with van der Waals surface area (Å²) in [7, 11) is 0. The lowest BCUT2D eigenvalue weighted by Crippen LogP contribution is -2.35. The number of esters is 1. The zero-order valence-electron chi connectivity index (χ0n) is 14.7. The fraction of sp³-hybridized carbons (Fsp3) is 0.316. The lowest BCUT2D eigenvalue weighted by molar-refractivity contribution is -0.129. The molecule has 0 bridgehead atoms. The molecule has 0 unspecified atom stereocenters. The molecule has 25 heavy (non-hydrogen) atoms. The van der Waals surface area contributed by atoms with Gasteiger partial charge in [0.2, 0.25) is 0 Å². The smallest absolute Gasteiger partial charge is 0.342 e. The third kappa shape index (κ3) is 5.03. The molecule has 6 heteroatoms. The second-order valence-corrected chi connectivity index (χ2v) is 6.36. The number of hydrogen-bond acceptors (Lipinski definition) is 4. The van der Waals surface area contributed by atoms with Crippen LogP contribution in [-0.4, -0.2) is 23.0 Å². The maximum absolute atomic E-state index is 12.3. The number of halogens is 1. The first kappa shape index (κ1) is 18.9. The average Bonchev–Trinajstić information content (AvgIpc) is 2.52. The Kier molecular flexibility index (Phi) is 6.15. The summed E-state index contributed by atoms with van der Waals surface area (Å²) in [5, 5.41) is 2.83. The number of amides is 1. The minimum absolute atomic E-state index is 0.0785. The molecule has 0 aliphatic carbocycles. The fourth-order valence-corrected chi connectivity index (χ4v) is 2.71. The van der Waals surface area contributed by atoms with Crippen LogP contribution in [0.5, 0.6) is 0 Å². The van der Waals surface area contributed by atoms with Crippen molar-refractivity contribution in [2.75, 3.05) is 0 Å². The number of aromatic nitrogens is 1. The number of ether oxygens (including phenoxy) is 1. The van der Waals surface area contributed by atoms with E-state index in [1.165, 1.54) is 6.92 Å². The van der Waals surface area contributed by atoms with Crippen LogP contribution >= 0.6 is 11.6 Å². The third-order valence-corrected chi connectivity index (χ3v) is 4.02. The van der Waals surface area contributed by atoms with Crippen LogP contribution in [0, 0.1) is 20.8 Å². The number of nitrogens with zero attached hydrogens (tertiary/aromatic N) is 1. The van der Waals surface area contributed by atoms with Gasteiger partial charge in [-0.2, -0.15) is 0 Å². The van der Waals surface area contributed by atoms with Crippen molar-refractivity contribution < 1.29 is 14.3 Å². The van der Waals surface area contributed by atoms with Gasteiger partial charge in [-0.25, -0.2) is 9.78 Å². The highest BCUT2D eigenvalue weighted by molar-refractivity contribution is 6.32. The van der Waals surface area contributed by atoms with Gasteiger partial charge in [-0.05, 0) is 44.9 Å². The van der Waals surface area contributed by atoms with Gasteiger partial charge in [0, 0.05) is 12.2 Å². The SMILES string of the molecule is Cc1ccc(CNC(=O)[C@H](C)OC(=O)c2c(C)cc(C)nc2Cl)cc1. The molecule has 1 amide bonds. The van der Waals surface area contributed by atoms with E-state index in [2.05, 4.69) is 10.3 Å². The van der Waals surface area contributed by atoms with Gasteiger partial charge >= 0.3 is 5.97 Å². The second kappa shape index (κ2) is 8.12. The Labute approximate surface area is 152 Å². The summed E-state index contributed by atoms with van der Waals surface area (Å²) in [5.74, 6) is -1.03. The van der Waals surface area contributed by atoms with E-state index in [4.69, 9.17) is 16.3 Å². The van der Waals surface area contributed by atoms with Gasteiger partial charge < -0.3 is 10.1 Å². The van der Waals surface area contributed by atoms with Gasteiger partial charge in [0.15, 0.2) is 6.10 Å². The second-order valence-electron chi connectivity index (χ2n) is 6.00. The zero-order chi connectivity index (χ0) is 18.6. The molecule has 1 atom stereocenters. The number of aryl methyl sites for hydroxylation is 3. The Bertz CT molecular complexity index is 765. The van der Waals surface area contributed by atoms with Gasteiger partial charge in [0.25, 0.3) is 5.91 Å². The van der Waals surface area contributed by atoms with E-state index in [-0.39, 0.29) is 16.6 Å². The number of carbonyl (C=O) groups excluding carboxylic acids is 2. The predicted octanol–water partition coefficient (Wildman–Crippen LogP) is 3.52. The monoisotopic (exact) mass is 360 g/mol. The maximum atomic E-state index is 12.3. The van der Waals surface area contributed by atoms with E-state index < -0.39 is 12.1 Å². The Balaban J connectivity index is 1.96. The topological polar surface area (TPSA) is 68.3 Å². The van der Waals surface area contributed by atoms with Gasteiger partial charge in [-0.1, -0.05) is 41.4 Å². The van der Waals surface area contributed by atoms with E-state index in [0.29, 0.717) is 17.8 Å². The molecule has 0 saturated carbocycles. The lowest BCUT2D eigenvalue weighted by atomic mass is 10.1. The summed E-state index contributed by atoms with van der Waals surface area (Å²) >= 11 is 6.03. The lowest BCUT2D eigenvalue weighted by Gasteiger charge is -2.15. The highest BCUT2D eigenvalue weighted by Crippen LogP contribution is 2.20. The summed E-state index contributed by atoms with van der Waals surface area (Å²) in [6.45, 7) is 7.42. The number of hydrogen-bond donors (Lipinski definition) is 1. The largest absolute Gasteiger partial charge is 0.449 e. The quantitative estimate of drug-likeness (QED) is 0.654. The summed E-state index contributed by atoms with van der Waals surface area (Å²) in [6.07, 6.45) is -0.935. The Morgan fingerprint density at radius 3 is 2.44 bits per heavy atom. The van der Waals surface area contributed by atoms with Crippen molar-refractivity contribution in [2.24, 2.45) is 0 Å². The maximum Gasteiger partial charge on any atom is 0.342 e. The Morgan fingerprint density at radius 2 is 1.84 bits per heavy atom. The minimum Gasteiger partial charge on any atom is -0.449 e. The Morgan fingerprint density at radius 1 is 1.20 bits per heavy atom.